The van der Waals surface area contributed by atoms with Gasteiger partial charge in [-0.05, 0) is 37.6 Å². The minimum Gasteiger partial charge on any atom is -0.497 e. The standard InChI is InChI=1S/C12H16O3/c1-9(13)3-8-12(14)10-4-6-11(15-2)7-5-10/h4-7,9,13H,3,8H2,1-2H3. The van der Waals surface area contributed by atoms with Crippen LogP contribution in [0.5, 0.6) is 5.75 Å². The third-order valence-corrected chi connectivity index (χ3v) is 2.20. The Labute approximate surface area is 89.7 Å². The maximum atomic E-state index is 11.6. The zero-order valence-electron chi connectivity index (χ0n) is 9.06. The van der Waals surface area contributed by atoms with Crippen LogP contribution >= 0.6 is 0 Å². The molecule has 0 amide bonds. The highest BCUT2D eigenvalue weighted by Crippen LogP contribution is 2.13. The van der Waals surface area contributed by atoms with Crippen molar-refractivity contribution < 1.29 is 14.6 Å². The van der Waals surface area contributed by atoms with E-state index in [-0.39, 0.29) is 5.78 Å². The van der Waals surface area contributed by atoms with Crippen molar-refractivity contribution in [1.82, 2.24) is 0 Å². The van der Waals surface area contributed by atoms with Crippen molar-refractivity contribution >= 4 is 5.78 Å². The summed E-state index contributed by atoms with van der Waals surface area (Å²) in [5, 5.41) is 9.06. The Morgan fingerprint density at radius 1 is 1.40 bits per heavy atom. The molecule has 0 fully saturated rings. The van der Waals surface area contributed by atoms with Crippen molar-refractivity contribution in [2.24, 2.45) is 0 Å². The van der Waals surface area contributed by atoms with E-state index in [1.54, 1.807) is 38.3 Å². The number of ketones is 1. The molecule has 0 aliphatic heterocycles. The van der Waals surface area contributed by atoms with E-state index in [1.165, 1.54) is 0 Å². The smallest absolute Gasteiger partial charge is 0.162 e. The molecule has 0 radical (unpaired) electrons. The van der Waals surface area contributed by atoms with E-state index in [9.17, 15) is 4.79 Å². The molecule has 3 heteroatoms. The minimum atomic E-state index is -0.424. The minimum absolute atomic E-state index is 0.0542. The molecule has 82 valence electrons. The summed E-state index contributed by atoms with van der Waals surface area (Å²) in [5.74, 6) is 0.792. The number of carbonyl (C=O) groups is 1. The van der Waals surface area contributed by atoms with Crippen LogP contribution in [0, 0.1) is 0 Å². The maximum absolute atomic E-state index is 11.6. The molecule has 1 rings (SSSR count). The van der Waals surface area contributed by atoms with Gasteiger partial charge in [0.15, 0.2) is 5.78 Å². The van der Waals surface area contributed by atoms with Gasteiger partial charge in [-0.15, -0.1) is 0 Å². The summed E-state index contributed by atoms with van der Waals surface area (Å²) in [4.78, 5) is 11.6. The molecule has 0 aromatic heterocycles. The zero-order valence-corrected chi connectivity index (χ0v) is 9.06. The van der Waals surface area contributed by atoms with Crippen LogP contribution in [0.25, 0.3) is 0 Å². The summed E-state index contributed by atoms with van der Waals surface area (Å²) in [5.41, 5.74) is 0.663. The summed E-state index contributed by atoms with van der Waals surface area (Å²) in [6.45, 7) is 1.68. The lowest BCUT2D eigenvalue weighted by Gasteiger charge is -2.04. The Morgan fingerprint density at radius 2 is 2.00 bits per heavy atom. The number of Topliss-reactive ketones (excluding diaryl/α,β-unsaturated/α-hetero) is 1. The number of hydrogen-bond donors (Lipinski definition) is 1. The Morgan fingerprint density at radius 3 is 2.47 bits per heavy atom. The van der Waals surface area contributed by atoms with Crippen LogP contribution in [0.15, 0.2) is 24.3 Å². The predicted molar refractivity (Wildman–Crippen MR) is 58.2 cm³/mol. The number of rotatable bonds is 5. The topological polar surface area (TPSA) is 46.5 Å². The second-order valence-corrected chi connectivity index (χ2v) is 3.54. The van der Waals surface area contributed by atoms with Gasteiger partial charge in [0.1, 0.15) is 5.75 Å². The number of carbonyl (C=O) groups excluding carboxylic acids is 1. The normalized spacial score (nSPS) is 12.2. The van der Waals surface area contributed by atoms with Gasteiger partial charge in [-0.2, -0.15) is 0 Å². The average molecular weight is 208 g/mol. The van der Waals surface area contributed by atoms with E-state index in [4.69, 9.17) is 9.84 Å². The fourth-order valence-corrected chi connectivity index (χ4v) is 1.26. The summed E-state index contributed by atoms with van der Waals surface area (Å²) in [7, 11) is 1.59. The monoisotopic (exact) mass is 208 g/mol. The lowest BCUT2D eigenvalue weighted by Crippen LogP contribution is -2.05. The number of benzene rings is 1. The van der Waals surface area contributed by atoms with E-state index in [2.05, 4.69) is 0 Å². The Kier molecular flexibility index (Phi) is 4.31. The molecule has 15 heavy (non-hydrogen) atoms. The molecule has 1 unspecified atom stereocenters. The summed E-state index contributed by atoms with van der Waals surface area (Å²) in [6, 6.07) is 7.00. The highest BCUT2D eigenvalue weighted by molar-refractivity contribution is 5.96. The number of hydrogen-bond acceptors (Lipinski definition) is 3. The van der Waals surface area contributed by atoms with E-state index in [0.29, 0.717) is 18.4 Å². The zero-order chi connectivity index (χ0) is 11.3. The Hall–Kier alpha value is -1.35. The van der Waals surface area contributed by atoms with Gasteiger partial charge >= 0.3 is 0 Å². The highest BCUT2D eigenvalue weighted by Gasteiger charge is 2.07. The summed E-state index contributed by atoms with van der Waals surface area (Å²) < 4.78 is 5.00. The average Bonchev–Trinajstić information content (AvgIpc) is 2.26. The first-order valence-electron chi connectivity index (χ1n) is 4.99. The van der Waals surface area contributed by atoms with Gasteiger partial charge in [-0.25, -0.2) is 0 Å². The van der Waals surface area contributed by atoms with E-state index < -0.39 is 6.10 Å². The number of aliphatic hydroxyl groups is 1. The first-order chi connectivity index (χ1) is 7.13. The molecule has 0 spiro atoms. The van der Waals surface area contributed by atoms with E-state index in [0.717, 1.165) is 5.75 Å². The molecule has 0 saturated carbocycles. The summed E-state index contributed by atoms with van der Waals surface area (Å²) in [6.07, 6.45) is 0.460. The van der Waals surface area contributed by atoms with Crippen molar-refractivity contribution in [1.29, 1.82) is 0 Å². The molecule has 1 N–H and O–H groups in total. The van der Waals surface area contributed by atoms with Crippen molar-refractivity contribution in [2.45, 2.75) is 25.9 Å². The first kappa shape index (κ1) is 11.7. The van der Waals surface area contributed by atoms with Crippen molar-refractivity contribution in [3.05, 3.63) is 29.8 Å². The fourth-order valence-electron chi connectivity index (χ4n) is 1.26. The van der Waals surface area contributed by atoms with E-state index >= 15 is 0 Å². The lowest BCUT2D eigenvalue weighted by atomic mass is 10.1. The lowest BCUT2D eigenvalue weighted by molar-refractivity contribution is 0.0949. The maximum Gasteiger partial charge on any atom is 0.162 e. The molecule has 0 aliphatic rings. The molecule has 3 nitrogen and oxygen atoms in total. The van der Waals surface area contributed by atoms with Crippen LogP contribution in [0.1, 0.15) is 30.1 Å². The van der Waals surface area contributed by atoms with E-state index in [1.807, 2.05) is 0 Å². The van der Waals surface area contributed by atoms with Gasteiger partial charge in [0.25, 0.3) is 0 Å². The number of aliphatic hydroxyl groups excluding tert-OH is 1. The van der Waals surface area contributed by atoms with Gasteiger partial charge in [-0.3, -0.25) is 4.79 Å². The fraction of sp³-hybridized carbons (Fsp3) is 0.417. The van der Waals surface area contributed by atoms with Crippen LogP contribution in [0.3, 0.4) is 0 Å². The van der Waals surface area contributed by atoms with Crippen molar-refractivity contribution in [3.63, 3.8) is 0 Å². The van der Waals surface area contributed by atoms with Crippen LogP contribution in [-0.4, -0.2) is 24.1 Å². The SMILES string of the molecule is COc1ccc(C(=O)CCC(C)O)cc1. The Bertz CT molecular complexity index is 314. The number of ether oxygens (including phenoxy) is 1. The predicted octanol–water partition coefficient (Wildman–Crippen LogP) is 2.04. The molecule has 1 atom stereocenters. The van der Waals surface area contributed by atoms with Crippen molar-refractivity contribution in [2.75, 3.05) is 7.11 Å². The quantitative estimate of drug-likeness (QED) is 0.753. The van der Waals surface area contributed by atoms with Crippen LogP contribution in [0.2, 0.25) is 0 Å². The second-order valence-electron chi connectivity index (χ2n) is 3.54. The van der Waals surface area contributed by atoms with Crippen LogP contribution < -0.4 is 4.74 Å². The van der Waals surface area contributed by atoms with Gasteiger partial charge in [0.2, 0.25) is 0 Å². The molecule has 0 bridgehead atoms. The third kappa shape index (κ3) is 3.72. The first-order valence-corrected chi connectivity index (χ1v) is 4.99. The molecule has 0 aliphatic carbocycles. The third-order valence-electron chi connectivity index (χ3n) is 2.20. The van der Waals surface area contributed by atoms with Gasteiger partial charge < -0.3 is 9.84 Å². The molecule has 1 aromatic carbocycles. The summed E-state index contributed by atoms with van der Waals surface area (Å²) >= 11 is 0. The number of methoxy groups -OCH3 is 1. The van der Waals surface area contributed by atoms with Gasteiger partial charge in [0.05, 0.1) is 13.2 Å². The van der Waals surface area contributed by atoms with Gasteiger partial charge in [-0.1, -0.05) is 0 Å². The molecular weight excluding hydrogens is 192 g/mol. The highest BCUT2D eigenvalue weighted by atomic mass is 16.5. The molecule has 1 aromatic rings. The van der Waals surface area contributed by atoms with Gasteiger partial charge in [0, 0.05) is 12.0 Å². The molecule has 0 saturated heterocycles. The second kappa shape index (κ2) is 5.51. The molecular formula is C12H16O3. The Balaban J connectivity index is 2.58. The molecule has 0 heterocycles. The van der Waals surface area contributed by atoms with Crippen LogP contribution in [-0.2, 0) is 0 Å². The largest absolute Gasteiger partial charge is 0.497 e. The van der Waals surface area contributed by atoms with Crippen LogP contribution in [0.4, 0.5) is 0 Å². The van der Waals surface area contributed by atoms with Crippen molar-refractivity contribution in [3.8, 4) is 5.75 Å².